The quantitative estimate of drug-likeness (QED) is 0.743. The fourth-order valence-electron chi connectivity index (χ4n) is 3.90. The molecule has 0 unspecified atom stereocenters. The Hall–Kier alpha value is -2.17. The topological polar surface area (TPSA) is 50.2 Å². The van der Waals surface area contributed by atoms with Crippen LogP contribution in [0.2, 0.25) is 5.02 Å². The number of H-pyrrole nitrogens is 1. The number of likely N-dealkylation sites (tertiary alicyclic amines) is 1. The third kappa shape index (κ3) is 3.97. The number of fused-ring (bicyclic) bond motifs is 1. The molecule has 0 radical (unpaired) electrons. The van der Waals surface area contributed by atoms with Crippen molar-refractivity contribution < 1.29 is 4.90 Å². The number of piperidine rings is 1. The van der Waals surface area contributed by atoms with Crippen LogP contribution in [0.15, 0.2) is 53.3 Å². The lowest BCUT2D eigenvalue weighted by molar-refractivity contribution is -0.920. The van der Waals surface area contributed by atoms with E-state index in [1.54, 1.807) is 18.2 Å². The first-order chi connectivity index (χ1) is 12.7. The van der Waals surface area contributed by atoms with Gasteiger partial charge in [-0.1, -0.05) is 41.9 Å². The minimum absolute atomic E-state index is 0.0833. The maximum Gasteiger partial charge on any atom is 0.258 e. The molecule has 3 aromatic rings. The lowest BCUT2D eigenvalue weighted by atomic mass is 9.90. The van der Waals surface area contributed by atoms with Gasteiger partial charge in [0.1, 0.15) is 6.54 Å². The molecule has 26 heavy (non-hydrogen) atoms. The highest BCUT2D eigenvalue weighted by Gasteiger charge is 2.23. The summed E-state index contributed by atoms with van der Waals surface area (Å²) in [6, 6.07) is 16.0. The van der Waals surface area contributed by atoms with E-state index in [-0.39, 0.29) is 5.56 Å². The van der Waals surface area contributed by atoms with Crippen LogP contribution in [0.1, 0.15) is 24.2 Å². The number of aromatic amines is 1. The van der Waals surface area contributed by atoms with Crippen LogP contribution >= 0.6 is 11.6 Å². The van der Waals surface area contributed by atoms with Crippen LogP contribution in [0, 0.1) is 5.92 Å². The molecule has 0 bridgehead atoms. The zero-order chi connectivity index (χ0) is 17.9. The van der Waals surface area contributed by atoms with Crippen LogP contribution < -0.4 is 10.5 Å². The van der Waals surface area contributed by atoms with E-state index in [4.69, 9.17) is 11.6 Å². The predicted octanol–water partition coefficient (Wildman–Crippen LogP) is 2.61. The number of halogens is 1. The highest BCUT2D eigenvalue weighted by Crippen LogP contribution is 2.17. The van der Waals surface area contributed by atoms with E-state index in [2.05, 4.69) is 40.3 Å². The molecule has 0 spiro atoms. The third-order valence-electron chi connectivity index (χ3n) is 5.31. The third-order valence-corrected chi connectivity index (χ3v) is 5.55. The second-order valence-corrected chi connectivity index (χ2v) is 7.67. The predicted molar refractivity (Wildman–Crippen MR) is 105 cm³/mol. The molecule has 5 heteroatoms. The Kier molecular flexibility index (Phi) is 5.05. The highest BCUT2D eigenvalue weighted by molar-refractivity contribution is 6.31. The normalized spacial score (nSPS) is 20.3. The van der Waals surface area contributed by atoms with Crippen LogP contribution in [0.3, 0.4) is 0 Å². The van der Waals surface area contributed by atoms with Crippen molar-refractivity contribution in [2.45, 2.75) is 25.8 Å². The van der Waals surface area contributed by atoms with E-state index < -0.39 is 0 Å². The smallest absolute Gasteiger partial charge is 0.258 e. The van der Waals surface area contributed by atoms with Gasteiger partial charge in [0.25, 0.3) is 5.56 Å². The van der Waals surface area contributed by atoms with Crippen molar-refractivity contribution in [3.63, 3.8) is 0 Å². The van der Waals surface area contributed by atoms with Gasteiger partial charge in [-0.3, -0.25) is 4.79 Å². The number of nitrogens with zero attached hydrogens (tertiary/aromatic N) is 1. The molecule has 1 aliphatic heterocycles. The number of benzene rings is 2. The van der Waals surface area contributed by atoms with Gasteiger partial charge in [0.2, 0.25) is 0 Å². The summed E-state index contributed by atoms with van der Waals surface area (Å²) in [5.41, 5.74) is 2.02. The minimum atomic E-state index is -0.0833. The second-order valence-electron chi connectivity index (χ2n) is 7.23. The molecular formula is C21H23ClN3O+. The summed E-state index contributed by atoms with van der Waals surface area (Å²) in [5.74, 6) is 1.50. The zero-order valence-electron chi connectivity index (χ0n) is 14.7. The Balaban J connectivity index is 1.40. The van der Waals surface area contributed by atoms with Crippen molar-refractivity contribution in [2.75, 3.05) is 13.1 Å². The van der Waals surface area contributed by atoms with E-state index in [1.807, 2.05) is 0 Å². The Morgan fingerprint density at radius 1 is 1.12 bits per heavy atom. The van der Waals surface area contributed by atoms with Gasteiger partial charge in [-0.25, -0.2) is 4.98 Å². The van der Waals surface area contributed by atoms with Gasteiger partial charge in [-0.15, -0.1) is 0 Å². The standard InChI is InChI=1S/C21H22ClN3O/c22-17-6-7-18-19(13-17)23-20(24-21(18)26)14-25-10-8-16(9-11-25)12-15-4-2-1-3-5-15/h1-7,13,16H,8-12,14H2,(H,23,24,26)/p+1. The van der Waals surface area contributed by atoms with Crippen LogP contribution in [0.4, 0.5) is 0 Å². The van der Waals surface area contributed by atoms with Crippen molar-refractivity contribution >= 4 is 22.5 Å². The summed E-state index contributed by atoms with van der Waals surface area (Å²) in [6.45, 7) is 3.00. The Morgan fingerprint density at radius 2 is 1.88 bits per heavy atom. The Morgan fingerprint density at radius 3 is 2.65 bits per heavy atom. The number of aromatic nitrogens is 2. The molecule has 1 aliphatic rings. The molecule has 4 nitrogen and oxygen atoms in total. The summed E-state index contributed by atoms with van der Waals surface area (Å²) in [4.78, 5) is 21.3. The number of quaternary nitrogens is 1. The molecule has 1 saturated heterocycles. The number of rotatable bonds is 4. The average molecular weight is 369 g/mol. The molecule has 2 N–H and O–H groups in total. The van der Waals surface area contributed by atoms with Gasteiger partial charge in [0.15, 0.2) is 5.82 Å². The van der Waals surface area contributed by atoms with Crippen LogP contribution in [0.5, 0.6) is 0 Å². The van der Waals surface area contributed by atoms with Crippen molar-refractivity contribution in [3.8, 4) is 0 Å². The molecule has 0 aliphatic carbocycles. The number of hydrogen-bond acceptors (Lipinski definition) is 2. The number of nitrogens with one attached hydrogen (secondary N) is 2. The SMILES string of the molecule is O=c1[nH]c(C[NH+]2CCC(Cc3ccccc3)CC2)nc2cc(Cl)ccc12. The first kappa shape index (κ1) is 17.3. The maximum absolute atomic E-state index is 12.3. The minimum Gasteiger partial charge on any atom is -0.329 e. The molecule has 4 rings (SSSR count). The summed E-state index contributed by atoms with van der Waals surface area (Å²) < 4.78 is 0. The Bertz CT molecular complexity index is 946. The summed E-state index contributed by atoms with van der Waals surface area (Å²) in [6.07, 6.45) is 3.60. The zero-order valence-corrected chi connectivity index (χ0v) is 15.4. The van der Waals surface area contributed by atoms with Gasteiger partial charge in [0.05, 0.1) is 24.0 Å². The first-order valence-electron chi connectivity index (χ1n) is 9.23. The van der Waals surface area contributed by atoms with Crippen LogP contribution in [0.25, 0.3) is 10.9 Å². The monoisotopic (exact) mass is 368 g/mol. The summed E-state index contributed by atoms with van der Waals surface area (Å²) in [7, 11) is 0. The van der Waals surface area contributed by atoms with E-state index in [0.717, 1.165) is 37.8 Å². The molecule has 1 fully saturated rings. The van der Waals surface area contributed by atoms with Gasteiger partial charge < -0.3 is 9.88 Å². The van der Waals surface area contributed by atoms with Gasteiger partial charge in [0, 0.05) is 5.02 Å². The first-order valence-corrected chi connectivity index (χ1v) is 9.61. The van der Waals surface area contributed by atoms with Gasteiger partial charge in [-0.05, 0) is 48.9 Å². The summed E-state index contributed by atoms with van der Waals surface area (Å²) in [5, 5.41) is 1.20. The van der Waals surface area contributed by atoms with E-state index in [9.17, 15) is 4.79 Å². The fraction of sp³-hybridized carbons (Fsp3) is 0.333. The van der Waals surface area contributed by atoms with E-state index in [1.165, 1.54) is 23.3 Å². The molecule has 0 atom stereocenters. The molecule has 2 heterocycles. The van der Waals surface area contributed by atoms with Crippen molar-refractivity contribution in [2.24, 2.45) is 5.92 Å². The largest absolute Gasteiger partial charge is 0.329 e. The highest BCUT2D eigenvalue weighted by atomic mass is 35.5. The van der Waals surface area contributed by atoms with E-state index in [0.29, 0.717) is 15.9 Å². The van der Waals surface area contributed by atoms with Gasteiger partial charge >= 0.3 is 0 Å². The average Bonchev–Trinajstić information content (AvgIpc) is 2.64. The number of hydrogen-bond donors (Lipinski definition) is 2. The fourth-order valence-corrected chi connectivity index (χ4v) is 4.06. The molecule has 0 saturated carbocycles. The molecule has 1 aromatic heterocycles. The molecular weight excluding hydrogens is 346 g/mol. The van der Waals surface area contributed by atoms with Crippen molar-refractivity contribution in [1.29, 1.82) is 0 Å². The van der Waals surface area contributed by atoms with Crippen LogP contribution in [-0.2, 0) is 13.0 Å². The Labute approximate surface area is 157 Å². The van der Waals surface area contributed by atoms with Crippen molar-refractivity contribution in [3.05, 3.63) is 75.3 Å². The lowest BCUT2D eigenvalue weighted by Crippen LogP contribution is -3.11. The second kappa shape index (κ2) is 7.60. The molecule has 2 aromatic carbocycles. The lowest BCUT2D eigenvalue weighted by Gasteiger charge is -2.29. The maximum atomic E-state index is 12.3. The summed E-state index contributed by atoms with van der Waals surface area (Å²) >= 11 is 6.04. The molecule has 0 amide bonds. The van der Waals surface area contributed by atoms with Crippen molar-refractivity contribution in [1.82, 2.24) is 9.97 Å². The van der Waals surface area contributed by atoms with E-state index >= 15 is 0 Å². The van der Waals surface area contributed by atoms with Gasteiger partial charge in [-0.2, -0.15) is 0 Å². The molecule has 134 valence electrons. The van der Waals surface area contributed by atoms with Crippen LogP contribution in [-0.4, -0.2) is 23.1 Å².